The second-order valence-electron chi connectivity index (χ2n) is 13.4. The summed E-state index contributed by atoms with van der Waals surface area (Å²) >= 11 is 0. The maximum atomic E-state index is 11.9. The van der Waals surface area contributed by atoms with E-state index in [-0.39, 0.29) is 11.4 Å². The highest BCUT2D eigenvalue weighted by Crippen LogP contribution is 2.59. The van der Waals surface area contributed by atoms with Crippen molar-refractivity contribution in [1.82, 2.24) is 0 Å². The molecule has 2 bridgehead atoms. The van der Waals surface area contributed by atoms with Gasteiger partial charge in [0.25, 0.3) is 0 Å². The van der Waals surface area contributed by atoms with E-state index in [1.807, 2.05) is 13.8 Å². The molecule has 0 unspecified atom stereocenters. The Bertz CT molecular complexity index is 926. The maximum Gasteiger partial charge on any atom is 0.333 e. The minimum absolute atomic E-state index is 0.132. The number of hydrogen-bond donors (Lipinski definition) is 1. The number of cyclic esters (lactones) is 1. The highest BCUT2D eigenvalue weighted by molar-refractivity contribution is 5.90. The van der Waals surface area contributed by atoms with Crippen molar-refractivity contribution in [1.29, 1.82) is 0 Å². The van der Waals surface area contributed by atoms with Gasteiger partial charge in [-0.05, 0) is 88.9 Å². The van der Waals surface area contributed by atoms with Crippen LogP contribution in [0.25, 0.3) is 0 Å². The normalized spacial score (nSPS) is 44.8. The molecule has 1 aliphatic carbocycles. The molecule has 6 aliphatic rings. The Balaban J connectivity index is 1.18. The average Bonchev–Trinajstić information content (AvgIpc) is 3.20. The van der Waals surface area contributed by atoms with E-state index in [0.717, 1.165) is 50.5 Å². The quantitative estimate of drug-likeness (QED) is 0.290. The fraction of sp³-hybridized carbons (Fsp3) is 0.833. The van der Waals surface area contributed by atoms with Gasteiger partial charge < -0.3 is 24.1 Å². The minimum Gasteiger partial charge on any atom is -0.462 e. The SMILES string of the molecule is C=C1CC[C@@H](CC[C@H]2CC[C@]3(OC2)O[C@@]2(O)CC[C@]3(C)OC2(C)C)C(C)(C)[C@H]1C/C=C1/CCOC1=O. The van der Waals surface area contributed by atoms with E-state index >= 15 is 0 Å². The highest BCUT2D eigenvalue weighted by Gasteiger charge is 2.71. The summed E-state index contributed by atoms with van der Waals surface area (Å²) in [5.41, 5.74) is 1.00. The van der Waals surface area contributed by atoms with E-state index < -0.39 is 22.8 Å². The van der Waals surface area contributed by atoms with Crippen molar-refractivity contribution in [3.05, 3.63) is 23.8 Å². The molecule has 5 saturated heterocycles. The molecule has 1 saturated carbocycles. The van der Waals surface area contributed by atoms with Crippen molar-refractivity contribution in [3.8, 4) is 0 Å². The topological polar surface area (TPSA) is 74.2 Å². The molecule has 6 fully saturated rings. The zero-order chi connectivity index (χ0) is 26.0. The van der Waals surface area contributed by atoms with Gasteiger partial charge in [0, 0.05) is 24.8 Å². The van der Waals surface area contributed by atoms with Crippen molar-refractivity contribution < 1.29 is 28.8 Å². The summed E-state index contributed by atoms with van der Waals surface area (Å²) in [6.07, 6.45) is 11.3. The predicted molar refractivity (Wildman–Crippen MR) is 137 cm³/mol. The Morgan fingerprint density at radius 1 is 1.03 bits per heavy atom. The molecular formula is C30H46O6. The molecule has 36 heavy (non-hydrogen) atoms. The van der Waals surface area contributed by atoms with Gasteiger partial charge in [-0.25, -0.2) is 4.79 Å². The van der Waals surface area contributed by atoms with E-state index in [0.29, 0.717) is 37.4 Å². The third-order valence-corrected chi connectivity index (χ3v) is 10.6. The number of fused-ring (bicyclic) bond motifs is 2. The second-order valence-corrected chi connectivity index (χ2v) is 13.4. The lowest BCUT2D eigenvalue weighted by Crippen LogP contribution is -2.78. The highest BCUT2D eigenvalue weighted by atomic mass is 16.8. The van der Waals surface area contributed by atoms with Crippen LogP contribution in [0.5, 0.6) is 0 Å². The van der Waals surface area contributed by atoms with Gasteiger partial charge >= 0.3 is 5.97 Å². The number of hydrogen-bond acceptors (Lipinski definition) is 6. The number of ether oxygens (including phenoxy) is 4. The summed E-state index contributed by atoms with van der Waals surface area (Å²) in [5.74, 6) is -0.816. The average molecular weight is 503 g/mol. The summed E-state index contributed by atoms with van der Waals surface area (Å²) in [5, 5.41) is 11.2. The van der Waals surface area contributed by atoms with E-state index in [1.54, 1.807) is 0 Å². The molecule has 0 radical (unpaired) electrons. The van der Waals surface area contributed by atoms with E-state index in [2.05, 4.69) is 33.4 Å². The Kier molecular flexibility index (Phi) is 6.55. The first-order valence-corrected chi connectivity index (χ1v) is 14.1. The summed E-state index contributed by atoms with van der Waals surface area (Å²) in [4.78, 5) is 11.9. The number of carbonyl (C=O) groups is 1. The van der Waals surface area contributed by atoms with Gasteiger partial charge in [-0.3, -0.25) is 0 Å². The predicted octanol–water partition coefficient (Wildman–Crippen LogP) is 5.83. The lowest BCUT2D eigenvalue weighted by Gasteiger charge is -2.66. The van der Waals surface area contributed by atoms with Crippen LogP contribution < -0.4 is 0 Å². The van der Waals surface area contributed by atoms with Crippen LogP contribution in [0.2, 0.25) is 0 Å². The first-order chi connectivity index (χ1) is 16.8. The fourth-order valence-electron chi connectivity index (χ4n) is 7.79. The van der Waals surface area contributed by atoms with Crippen molar-refractivity contribution in [3.63, 3.8) is 0 Å². The van der Waals surface area contributed by atoms with Gasteiger partial charge in [0.05, 0.1) is 13.2 Å². The lowest BCUT2D eigenvalue weighted by molar-refractivity contribution is -0.522. The van der Waals surface area contributed by atoms with Crippen LogP contribution >= 0.6 is 0 Å². The van der Waals surface area contributed by atoms with Gasteiger partial charge in [0.2, 0.25) is 5.79 Å². The molecule has 202 valence electrons. The van der Waals surface area contributed by atoms with Crippen LogP contribution in [-0.2, 0) is 23.7 Å². The largest absolute Gasteiger partial charge is 0.462 e. The van der Waals surface area contributed by atoms with Crippen LogP contribution in [-0.4, -0.2) is 47.1 Å². The first kappa shape index (κ1) is 26.4. The van der Waals surface area contributed by atoms with E-state index in [9.17, 15) is 9.90 Å². The minimum atomic E-state index is -1.30. The van der Waals surface area contributed by atoms with Crippen LogP contribution in [0.15, 0.2) is 23.8 Å². The molecular weight excluding hydrogens is 456 g/mol. The third kappa shape index (κ3) is 4.20. The standard InChI is InChI=1S/C30H46O6/c1-20-7-10-23(26(2,3)24(20)12-9-22-14-18-33-25(22)31)11-8-21-13-15-30(34-19-21)28(6)16-17-29(32,36-30)27(4,5)35-28/h9,21,23-24,32H,1,7-8,10-19H2,2-6H3/b22-9-/t21-,23-,24-,28-,29-,30-/m0/s1. The number of aliphatic hydroxyl groups is 1. The van der Waals surface area contributed by atoms with Crippen molar-refractivity contribution >= 4 is 5.97 Å². The van der Waals surface area contributed by atoms with Crippen LogP contribution in [0.4, 0.5) is 0 Å². The van der Waals surface area contributed by atoms with Gasteiger partial charge in [0.1, 0.15) is 11.2 Å². The van der Waals surface area contributed by atoms with E-state index in [1.165, 1.54) is 18.4 Å². The second kappa shape index (κ2) is 8.93. The van der Waals surface area contributed by atoms with Crippen LogP contribution in [0.3, 0.4) is 0 Å². The molecule has 6 atom stereocenters. The summed E-state index contributed by atoms with van der Waals surface area (Å²) in [7, 11) is 0. The molecule has 0 aromatic heterocycles. The van der Waals surface area contributed by atoms with Crippen molar-refractivity contribution in [2.24, 2.45) is 23.2 Å². The number of rotatable bonds is 5. The Labute approximate surface area is 216 Å². The summed E-state index contributed by atoms with van der Waals surface area (Å²) in [6, 6.07) is 0. The first-order valence-electron chi connectivity index (χ1n) is 14.1. The third-order valence-electron chi connectivity index (χ3n) is 10.6. The monoisotopic (exact) mass is 502 g/mol. The Morgan fingerprint density at radius 3 is 2.44 bits per heavy atom. The molecule has 1 N–H and O–H groups in total. The Hall–Kier alpha value is -1.21. The number of carbonyl (C=O) groups excluding carboxylic acids is 1. The van der Waals surface area contributed by atoms with Crippen molar-refractivity contribution in [2.45, 2.75) is 122 Å². The number of allylic oxidation sites excluding steroid dienone is 2. The molecule has 5 aliphatic heterocycles. The molecule has 0 aromatic carbocycles. The Morgan fingerprint density at radius 2 is 1.81 bits per heavy atom. The maximum absolute atomic E-state index is 11.9. The zero-order valence-corrected chi connectivity index (χ0v) is 23.0. The van der Waals surface area contributed by atoms with Gasteiger partial charge in [-0.2, -0.15) is 0 Å². The number of esters is 1. The summed E-state index contributed by atoms with van der Waals surface area (Å²) < 4.78 is 24.4. The van der Waals surface area contributed by atoms with Crippen molar-refractivity contribution in [2.75, 3.05) is 13.2 Å². The molecule has 5 heterocycles. The van der Waals surface area contributed by atoms with Crippen LogP contribution in [0, 0.1) is 23.2 Å². The summed E-state index contributed by atoms with van der Waals surface area (Å²) in [6.45, 7) is 16.3. The molecule has 0 amide bonds. The lowest BCUT2D eigenvalue weighted by atomic mass is 9.58. The van der Waals surface area contributed by atoms with E-state index in [4.69, 9.17) is 18.9 Å². The van der Waals surface area contributed by atoms with Gasteiger partial charge in [-0.1, -0.05) is 32.1 Å². The molecule has 6 heteroatoms. The zero-order valence-electron chi connectivity index (χ0n) is 23.0. The smallest absolute Gasteiger partial charge is 0.333 e. The van der Waals surface area contributed by atoms with Gasteiger partial charge in [-0.15, -0.1) is 0 Å². The van der Waals surface area contributed by atoms with Crippen LogP contribution in [0.1, 0.15) is 98.8 Å². The molecule has 6 nitrogen and oxygen atoms in total. The molecule has 0 aromatic rings. The fourth-order valence-corrected chi connectivity index (χ4v) is 7.79. The molecule has 6 rings (SSSR count). The van der Waals surface area contributed by atoms with Gasteiger partial charge in [0.15, 0.2) is 5.79 Å². The molecule has 1 spiro atoms.